The Labute approximate surface area is 104 Å². The van der Waals surface area contributed by atoms with Crippen molar-refractivity contribution in [1.82, 2.24) is 0 Å². The standard InChI is InChI=1S/C13H16F3NO/c1-3-4-8(2)12(18)10-7-9(13(14,15)16)5-6-11(10)17/h5-8H,3-4,17H2,1-2H3. The third-order valence-electron chi connectivity index (χ3n) is 2.82. The molecule has 0 aliphatic heterocycles. The lowest BCUT2D eigenvalue weighted by atomic mass is 9.93. The average molecular weight is 259 g/mol. The normalized spacial score (nSPS) is 13.4. The molecule has 1 aromatic carbocycles. The van der Waals surface area contributed by atoms with Gasteiger partial charge in [-0.2, -0.15) is 13.2 Å². The van der Waals surface area contributed by atoms with E-state index in [1.165, 1.54) is 0 Å². The fourth-order valence-electron chi connectivity index (χ4n) is 1.78. The van der Waals surface area contributed by atoms with E-state index in [1.807, 2.05) is 6.92 Å². The smallest absolute Gasteiger partial charge is 0.398 e. The number of benzene rings is 1. The molecule has 0 aromatic heterocycles. The fraction of sp³-hybridized carbons (Fsp3) is 0.462. The van der Waals surface area contributed by atoms with Gasteiger partial charge in [0.25, 0.3) is 0 Å². The molecule has 100 valence electrons. The van der Waals surface area contributed by atoms with Gasteiger partial charge in [0, 0.05) is 17.2 Å². The lowest BCUT2D eigenvalue weighted by molar-refractivity contribution is -0.137. The summed E-state index contributed by atoms with van der Waals surface area (Å²) in [5.41, 5.74) is 4.79. The third-order valence-corrected chi connectivity index (χ3v) is 2.82. The van der Waals surface area contributed by atoms with E-state index in [4.69, 9.17) is 5.73 Å². The van der Waals surface area contributed by atoms with E-state index in [-0.39, 0.29) is 23.0 Å². The summed E-state index contributed by atoms with van der Waals surface area (Å²) in [5, 5.41) is 0. The van der Waals surface area contributed by atoms with Crippen LogP contribution in [0.5, 0.6) is 0 Å². The zero-order valence-corrected chi connectivity index (χ0v) is 10.3. The average Bonchev–Trinajstić information content (AvgIpc) is 2.27. The van der Waals surface area contributed by atoms with Crippen LogP contribution in [0, 0.1) is 5.92 Å². The molecule has 2 N–H and O–H groups in total. The van der Waals surface area contributed by atoms with E-state index in [2.05, 4.69) is 0 Å². The van der Waals surface area contributed by atoms with Gasteiger partial charge in [-0.25, -0.2) is 0 Å². The van der Waals surface area contributed by atoms with Gasteiger partial charge >= 0.3 is 6.18 Å². The van der Waals surface area contributed by atoms with Crippen LogP contribution in [0.15, 0.2) is 18.2 Å². The highest BCUT2D eigenvalue weighted by molar-refractivity contribution is 6.02. The van der Waals surface area contributed by atoms with Crippen molar-refractivity contribution in [2.75, 3.05) is 5.73 Å². The predicted molar refractivity (Wildman–Crippen MR) is 64.3 cm³/mol. The Balaban J connectivity index is 3.12. The number of carbonyl (C=O) groups excluding carboxylic acids is 1. The Morgan fingerprint density at radius 1 is 1.39 bits per heavy atom. The fourth-order valence-corrected chi connectivity index (χ4v) is 1.78. The summed E-state index contributed by atoms with van der Waals surface area (Å²) < 4.78 is 37.7. The maximum atomic E-state index is 12.6. The van der Waals surface area contributed by atoms with Gasteiger partial charge in [0.15, 0.2) is 5.78 Å². The van der Waals surface area contributed by atoms with Gasteiger partial charge in [0.1, 0.15) is 0 Å². The van der Waals surface area contributed by atoms with Gasteiger partial charge in [0.2, 0.25) is 0 Å². The van der Waals surface area contributed by atoms with Crippen molar-refractivity contribution in [3.63, 3.8) is 0 Å². The van der Waals surface area contributed by atoms with E-state index in [0.717, 1.165) is 24.6 Å². The van der Waals surface area contributed by atoms with Crippen molar-refractivity contribution >= 4 is 11.5 Å². The molecular formula is C13H16F3NO. The summed E-state index contributed by atoms with van der Waals surface area (Å²) in [6.07, 6.45) is -3.03. The van der Waals surface area contributed by atoms with Gasteiger partial charge in [-0.3, -0.25) is 4.79 Å². The van der Waals surface area contributed by atoms with Gasteiger partial charge in [0.05, 0.1) is 5.56 Å². The molecule has 1 unspecified atom stereocenters. The number of nitrogens with two attached hydrogens (primary N) is 1. The number of hydrogen-bond donors (Lipinski definition) is 1. The summed E-state index contributed by atoms with van der Waals surface area (Å²) in [5.74, 6) is -0.652. The summed E-state index contributed by atoms with van der Waals surface area (Å²) in [6, 6.07) is 2.86. The van der Waals surface area contributed by atoms with Crippen molar-refractivity contribution < 1.29 is 18.0 Å². The van der Waals surface area contributed by atoms with Crippen LogP contribution in [-0.2, 0) is 6.18 Å². The second kappa shape index (κ2) is 5.42. The summed E-state index contributed by atoms with van der Waals surface area (Å²) >= 11 is 0. The van der Waals surface area contributed by atoms with Crippen LogP contribution >= 0.6 is 0 Å². The Morgan fingerprint density at radius 2 is 2.00 bits per heavy atom. The van der Waals surface area contributed by atoms with E-state index in [0.29, 0.717) is 6.42 Å². The Bertz CT molecular complexity index is 440. The molecule has 18 heavy (non-hydrogen) atoms. The van der Waals surface area contributed by atoms with Crippen LogP contribution in [0.4, 0.5) is 18.9 Å². The number of rotatable bonds is 4. The maximum absolute atomic E-state index is 12.6. The van der Waals surface area contributed by atoms with Gasteiger partial charge in [-0.15, -0.1) is 0 Å². The highest BCUT2D eigenvalue weighted by Crippen LogP contribution is 2.32. The van der Waals surface area contributed by atoms with Crippen LogP contribution in [0.3, 0.4) is 0 Å². The summed E-state index contributed by atoms with van der Waals surface area (Å²) in [6.45, 7) is 3.62. The first kappa shape index (κ1) is 14.5. The number of Topliss-reactive ketones (excluding diaryl/α,β-unsaturated/α-hetero) is 1. The zero-order chi connectivity index (χ0) is 13.9. The second-order valence-corrected chi connectivity index (χ2v) is 4.35. The van der Waals surface area contributed by atoms with Crippen LogP contribution in [0.25, 0.3) is 0 Å². The molecule has 0 bridgehead atoms. The summed E-state index contributed by atoms with van der Waals surface area (Å²) in [4.78, 5) is 12.0. The maximum Gasteiger partial charge on any atom is 0.416 e. The first-order chi connectivity index (χ1) is 8.27. The van der Waals surface area contributed by atoms with Gasteiger partial charge in [-0.05, 0) is 24.6 Å². The lowest BCUT2D eigenvalue weighted by Crippen LogP contribution is -2.15. The van der Waals surface area contributed by atoms with Crippen molar-refractivity contribution in [2.24, 2.45) is 5.92 Å². The highest BCUT2D eigenvalue weighted by atomic mass is 19.4. The number of halogens is 3. The molecule has 2 nitrogen and oxygen atoms in total. The number of anilines is 1. The van der Waals surface area contributed by atoms with E-state index in [9.17, 15) is 18.0 Å². The topological polar surface area (TPSA) is 43.1 Å². The molecular weight excluding hydrogens is 243 g/mol. The number of alkyl halides is 3. The minimum absolute atomic E-state index is 0.0363. The molecule has 0 heterocycles. The molecule has 1 aromatic rings. The van der Waals surface area contributed by atoms with E-state index < -0.39 is 11.7 Å². The predicted octanol–water partition coefficient (Wildman–Crippen LogP) is 3.91. The van der Waals surface area contributed by atoms with E-state index in [1.54, 1.807) is 6.92 Å². The Morgan fingerprint density at radius 3 is 2.50 bits per heavy atom. The number of nitrogen functional groups attached to an aromatic ring is 1. The largest absolute Gasteiger partial charge is 0.416 e. The molecule has 0 aliphatic rings. The first-order valence-corrected chi connectivity index (χ1v) is 5.78. The number of ketones is 1. The van der Waals surface area contributed by atoms with Crippen LogP contribution < -0.4 is 5.73 Å². The molecule has 0 aliphatic carbocycles. The minimum atomic E-state index is -4.46. The minimum Gasteiger partial charge on any atom is -0.398 e. The Hall–Kier alpha value is -1.52. The molecule has 0 spiro atoms. The van der Waals surface area contributed by atoms with Crippen LogP contribution in [0.1, 0.15) is 42.6 Å². The Kier molecular flexibility index (Phi) is 4.38. The molecule has 0 saturated heterocycles. The second-order valence-electron chi connectivity index (χ2n) is 4.35. The molecule has 0 fully saturated rings. The van der Waals surface area contributed by atoms with Crippen LogP contribution in [0.2, 0.25) is 0 Å². The van der Waals surface area contributed by atoms with Crippen LogP contribution in [-0.4, -0.2) is 5.78 Å². The first-order valence-electron chi connectivity index (χ1n) is 5.78. The number of carbonyl (C=O) groups is 1. The third kappa shape index (κ3) is 3.24. The molecule has 0 radical (unpaired) electrons. The van der Waals surface area contributed by atoms with Crippen molar-refractivity contribution in [3.05, 3.63) is 29.3 Å². The number of hydrogen-bond acceptors (Lipinski definition) is 2. The quantitative estimate of drug-likeness (QED) is 0.658. The van der Waals surface area contributed by atoms with E-state index >= 15 is 0 Å². The van der Waals surface area contributed by atoms with Gasteiger partial charge in [-0.1, -0.05) is 20.3 Å². The van der Waals surface area contributed by atoms with Crippen molar-refractivity contribution in [1.29, 1.82) is 0 Å². The molecule has 0 amide bonds. The molecule has 0 saturated carbocycles. The SMILES string of the molecule is CCCC(C)C(=O)c1cc(C(F)(F)F)ccc1N. The molecule has 1 rings (SSSR count). The lowest BCUT2D eigenvalue weighted by Gasteiger charge is -2.13. The molecule has 1 atom stereocenters. The van der Waals surface area contributed by atoms with Gasteiger partial charge < -0.3 is 5.73 Å². The van der Waals surface area contributed by atoms with Crippen molar-refractivity contribution in [3.8, 4) is 0 Å². The monoisotopic (exact) mass is 259 g/mol. The zero-order valence-electron chi connectivity index (χ0n) is 10.3. The summed E-state index contributed by atoms with van der Waals surface area (Å²) in [7, 11) is 0. The molecule has 5 heteroatoms. The highest BCUT2D eigenvalue weighted by Gasteiger charge is 2.32. The van der Waals surface area contributed by atoms with Crippen molar-refractivity contribution in [2.45, 2.75) is 32.9 Å².